The summed E-state index contributed by atoms with van der Waals surface area (Å²) in [6.07, 6.45) is 4.36. The molecule has 1 spiro atoms. The van der Waals surface area contributed by atoms with Crippen LogP contribution >= 0.6 is 11.3 Å². The molecule has 2 aliphatic heterocycles. The number of carbonyl (C=O) groups excluding carboxylic acids is 1. The van der Waals surface area contributed by atoms with E-state index >= 15 is 0 Å². The Morgan fingerprint density at radius 2 is 2.15 bits per heavy atom. The van der Waals surface area contributed by atoms with Crippen LogP contribution in [0.25, 0.3) is 10.2 Å². The van der Waals surface area contributed by atoms with E-state index in [0.717, 1.165) is 79.2 Å². The average molecular weight is 479 g/mol. The third-order valence-corrected chi connectivity index (χ3v) is 8.72. The van der Waals surface area contributed by atoms with Crippen molar-refractivity contribution in [3.8, 4) is 0 Å². The molecule has 0 radical (unpaired) electrons. The van der Waals surface area contributed by atoms with Gasteiger partial charge in [-0.05, 0) is 62.8 Å². The molecule has 5 heterocycles. The zero-order valence-electron chi connectivity index (χ0n) is 19.3. The second-order valence-electron chi connectivity index (χ2n) is 9.82. The molecule has 5 N–H and O–H groups in total. The number of amides is 1. The molecule has 3 atom stereocenters. The van der Waals surface area contributed by atoms with E-state index < -0.39 is 0 Å². The van der Waals surface area contributed by atoms with Crippen LogP contribution in [0.3, 0.4) is 0 Å². The Labute approximate surface area is 202 Å². The first kappa shape index (κ1) is 21.8. The number of nitrogens with two attached hydrogens (primary N) is 2. The maximum atomic E-state index is 13.0. The summed E-state index contributed by atoms with van der Waals surface area (Å²) in [7, 11) is 0. The number of hydrogen-bond donors (Lipinski definition) is 3. The summed E-state index contributed by atoms with van der Waals surface area (Å²) in [6, 6.07) is 8.29. The minimum Gasteiger partial charge on any atom is -0.397 e. The maximum Gasteiger partial charge on any atom is 0.263 e. The first-order valence-corrected chi connectivity index (χ1v) is 12.8. The second-order valence-corrected chi connectivity index (χ2v) is 10.8. The lowest BCUT2D eigenvalue weighted by molar-refractivity contribution is 0.0147. The fourth-order valence-electron chi connectivity index (χ4n) is 5.59. The minimum absolute atomic E-state index is 0.0619. The number of thiophene rings is 1. The number of aryl methyl sites for hydroxylation is 2. The molecule has 34 heavy (non-hydrogen) atoms. The second kappa shape index (κ2) is 8.18. The first-order valence-electron chi connectivity index (χ1n) is 12.0. The molecule has 3 aliphatic rings. The summed E-state index contributed by atoms with van der Waals surface area (Å²) in [5, 5.41) is 4.04. The van der Waals surface area contributed by atoms with Crippen molar-refractivity contribution >= 4 is 39.0 Å². The van der Waals surface area contributed by atoms with E-state index in [2.05, 4.69) is 27.3 Å². The van der Waals surface area contributed by atoms with Crippen LogP contribution in [0.15, 0.2) is 24.3 Å². The number of nitrogen functional groups attached to an aromatic ring is 1. The van der Waals surface area contributed by atoms with Crippen LogP contribution in [0.2, 0.25) is 0 Å². The largest absolute Gasteiger partial charge is 0.397 e. The average Bonchev–Trinajstić information content (AvgIpc) is 3.51. The molecule has 8 nitrogen and oxygen atoms in total. The molecule has 3 aromatic rings. The van der Waals surface area contributed by atoms with Gasteiger partial charge in [0.1, 0.15) is 21.1 Å². The number of ether oxygens (including phenoxy) is 1. The van der Waals surface area contributed by atoms with Gasteiger partial charge in [-0.15, -0.1) is 11.3 Å². The van der Waals surface area contributed by atoms with Crippen LogP contribution in [-0.2, 0) is 17.6 Å². The number of aromatic nitrogens is 2. The summed E-state index contributed by atoms with van der Waals surface area (Å²) in [4.78, 5) is 26.2. The monoisotopic (exact) mass is 478 g/mol. The normalized spacial score (nSPS) is 26.4. The SMILES string of the molecule is Cc1ccc2c(N)c(C(=O)N[C@H]3CCc4nc(N5CC[C@@]6(C5)OCC[C@H]6N)ccc4C3)sc2n1. The number of anilines is 2. The summed E-state index contributed by atoms with van der Waals surface area (Å²) < 4.78 is 6.05. The zero-order chi connectivity index (χ0) is 23.4. The molecule has 1 amide bonds. The van der Waals surface area contributed by atoms with Crippen molar-refractivity contribution in [2.45, 2.75) is 56.7 Å². The van der Waals surface area contributed by atoms with Gasteiger partial charge in [-0.2, -0.15) is 0 Å². The lowest BCUT2D eigenvalue weighted by atomic mass is 9.91. The summed E-state index contributed by atoms with van der Waals surface area (Å²) in [5.74, 6) is 0.883. The smallest absolute Gasteiger partial charge is 0.263 e. The van der Waals surface area contributed by atoms with Crippen molar-refractivity contribution in [1.82, 2.24) is 15.3 Å². The molecule has 2 saturated heterocycles. The van der Waals surface area contributed by atoms with E-state index in [-0.39, 0.29) is 23.6 Å². The third-order valence-electron chi connectivity index (χ3n) is 7.61. The molecular weight excluding hydrogens is 448 g/mol. The minimum atomic E-state index is -0.213. The third kappa shape index (κ3) is 3.62. The van der Waals surface area contributed by atoms with E-state index in [1.807, 2.05) is 19.1 Å². The Morgan fingerprint density at radius 3 is 2.97 bits per heavy atom. The topological polar surface area (TPSA) is 119 Å². The van der Waals surface area contributed by atoms with Gasteiger partial charge in [-0.25, -0.2) is 9.97 Å². The van der Waals surface area contributed by atoms with Crippen LogP contribution in [0, 0.1) is 6.92 Å². The number of pyridine rings is 2. The van der Waals surface area contributed by atoms with Crippen molar-refractivity contribution in [3.63, 3.8) is 0 Å². The van der Waals surface area contributed by atoms with Crippen LogP contribution in [0.5, 0.6) is 0 Å². The van der Waals surface area contributed by atoms with Crippen LogP contribution in [0.4, 0.5) is 11.5 Å². The predicted octanol–water partition coefficient (Wildman–Crippen LogP) is 2.57. The van der Waals surface area contributed by atoms with Gasteiger partial charge in [-0.3, -0.25) is 4.79 Å². The molecule has 1 aliphatic carbocycles. The fraction of sp³-hybridized carbons (Fsp3) is 0.480. The highest BCUT2D eigenvalue weighted by molar-refractivity contribution is 7.21. The number of hydrogen-bond acceptors (Lipinski definition) is 8. The molecule has 0 bridgehead atoms. The van der Waals surface area contributed by atoms with E-state index in [9.17, 15) is 4.79 Å². The number of rotatable bonds is 3. The first-order chi connectivity index (χ1) is 16.4. The van der Waals surface area contributed by atoms with E-state index in [1.165, 1.54) is 16.9 Å². The van der Waals surface area contributed by atoms with Crippen molar-refractivity contribution < 1.29 is 9.53 Å². The van der Waals surface area contributed by atoms with Crippen molar-refractivity contribution in [2.24, 2.45) is 5.73 Å². The van der Waals surface area contributed by atoms with Gasteiger partial charge in [0, 0.05) is 48.6 Å². The molecule has 0 unspecified atom stereocenters. The lowest BCUT2D eigenvalue weighted by Crippen LogP contribution is -2.47. The number of fused-ring (bicyclic) bond motifs is 2. The van der Waals surface area contributed by atoms with Gasteiger partial charge >= 0.3 is 0 Å². The maximum absolute atomic E-state index is 13.0. The van der Waals surface area contributed by atoms with Gasteiger partial charge in [0.15, 0.2) is 0 Å². The highest BCUT2D eigenvalue weighted by Gasteiger charge is 2.47. The molecule has 6 rings (SSSR count). The zero-order valence-corrected chi connectivity index (χ0v) is 20.2. The number of nitrogens with zero attached hydrogens (tertiary/aromatic N) is 3. The Morgan fingerprint density at radius 1 is 1.26 bits per heavy atom. The summed E-state index contributed by atoms with van der Waals surface area (Å²) in [5.41, 5.74) is 16.2. The molecule has 9 heteroatoms. The van der Waals surface area contributed by atoms with Crippen LogP contribution in [-0.4, -0.2) is 53.3 Å². The van der Waals surface area contributed by atoms with Crippen molar-refractivity contribution in [1.29, 1.82) is 0 Å². The van der Waals surface area contributed by atoms with Gasteiger partial charge in [0.2, 0.25) is 0 Å². The Bertz CT molecular complexity index is 1280. The van der Waals surface area contributed by atoms with E-state index in [0.29, 0.717) is 10.6 Å². The van der Waals surface area contributed by atoms with Gasteiger partial charge in [0.25, 0.3) is 5.91 Å². The van der Waals surface area contributed by atoms with Crippen molar-refractivity contribution in [2.75, 3.05) is 30.3 Å². The molecule has 2 fully saturated rings. The molecular formula is C25H30N6O2S. The van der Waals surface area contributed by atoms with E-state index in [1.54, 1.807) is 0 Å². The standard InChI is InChI=1S/C25H30N6O2S/c1-14-2-5-17-21(27)22(34-24(17)28-14)23(32)29-16-4-6-18-15(12-16)3-7-20(30-18)31-10-9-25(13-31)19(26)8-11-33-25/h2-3,5,7,16,19H,4,6,8-13,26-27H2,1H3,(H,29,32)/t16-,19+,25-/m0/s1. The lowest BCUT2D eigenvalue weighted by Gasteiger charge is -2.29. The highest BCUT2D eigenvalue weighted by atomic mass is 32.1. The van der Waals surface area contributed by atoms with Gasteiger partial charge in [-0.1, -0.05) is 6.07 Å². The van der Waals surface area contributed by atoms with Crippen LogP contribution < -0.4 is 21.7 Å². The summed E-state index contributed by atoms with van der Waals surface area (Å²) in [6.45, 7) is 4.42. The van der Waals surface area contributed by atoms with Crippen LogP contribution in [0.1, 0.15) is 45.9 Å². The predicted molar refractivity (Wildman–Crippen MR) is 134 cm³/mol. The highest BCUT2D eigenvalue weighted by Crippen LogP contribution is 2.37. The fourth-order valence-corrected chi connectivity index (χ4v) is 6.63. The number of carbonyl (C=O) groups is 1. The molecule has 178 valence electrons. The quantitative estimate of drug-likeness (QED) is 0.529. The Hall–Kier alpha value is -2.75. The van der Waals surface area contributed by atoms with Gasteiger partial charge < -0.3 is 26.4 Å². The summed E-state index contributed by atoms with van der Waals surface area (Å²) >= 11 is 1.36. The Balaban J connectivity index is 1.14. The van der Waals surface area contributed by atoms with Gasteiger partial charge in [0.05, 0.1) is 5.69 Å². The molecule has 0 aromatic carbocycles. The van der Waals surface area contributed by atoms with E-state index in [4.69, 9.17) is 21.2 Å². The molecule has 0 saturated carbocycles. The van der Waals surface area contributed by atoms with Crippen molar-refractivity contribution in [3.05, 3.63) is 46.1 Å². The number of nitrogens with one attached hydrogen (secondary N) is 1. The molecule has 3 aromatic heterocycles. The Kier molecular flexibility index (Phi) is 5.24.